The van der Waals surface area contributed by atoms with Gasteiger partial charge in [0, 0.05) is 36.7 Å². The molecule has 1 aromatic rings. The van der Waals surface area contributed by atoms with Crippen molar-refractivity contribution in [1.82, 2.24) is 10.3 Å². The predicted molar refractivity (Wildman–Crippen MR) is 74.9 cm³/mol. The van der Waals surface area contributed by atoms with Crippen molar-refractivity contribution in [3.05, 3.63) is 24.0 Å². The Kier molecular flexibility index (Phi) is 3.50. The topological polar surface area (TPSA) is 28.2 Å². The smallest absolute Gasteiger partial charge is 0.0399 e. The molecule has 98 valence electrons. The number of piperidine rings is 1. The van der Waals surface area contributed by atoms with E-state index in [0.29, 0.717) is 0 Å². The summed E-state index contributed by atoms with van der Waals surface area (Å²) in [4.78, 5) is 6.81. The summed E-state index contributed by atoms with van der Waals surface area (Å²) in [6, 6.07) is 5.18. The Bertz CT molecular complexity index is 400. The van der Waals surface area contributed by atoms with Gasteiger partial charge in [0.2, 0.25) is 0 Å². The summed E-state index contributed by atoms with van der Waals surface area (Å²) in [5.74, 6) is 0.813. The van der Waals surface area contributed by atoms with E-state index in [4.69, 9.17) is 0 Å². The number of hydrogen-bond donors (Lipinski definition) is 1. The second kappa shape index (κ2) is 5.27. The van der Waals surface area contributed by atoms with E-state index < -0.39 is 0 Å². The van der Waals surface area contributed by atoms with Crippen LogP contribution in [0.5, 0.6) is 0 Å². The van der Waals surface area contributed by atoms with Crippen molar-refractivity contribution >= 4 is 5.69 Å². The molecular formula is C15H23N3. The number of nitrogens with zero attached hydrogens (tertiary/aromatic N) is 2. The van der Waals surface area contributed by atoms with Crippen LogP contribution >= 0.6 is 0 Å². The van der Waals surface area contributed by atoms with Gasteiger partial charge in [-0.2, -0.15) is 0 Å². The normalized spacial score (nSPS) is 24.3. The quantitative estimate of drug-likeness (QED) is 0.882. The molecule has 0 bridgehead atoms. The summed E-state index contributed by atoms with van der Waals surface area (Å²) >= 11 is 0. The summed E-state index contributed by atoms with van der Waals surface area (Å²) < 4.78 is 0. The van der Waals surface area contributed by atoms with Gasteiger partial charge in [0.25, 0.3) is 0 Å². The van der Waals surface area contributed by atoms with Crippen LogP contribution in [-0.2, 0) is 0 Å². The molecule has 1 saturated heterocycles. The van der Waals surface area contributed by atoms with Crippen LogP contribution in [0.3, 0.4) is 0 Å². The Balaban J connectivity index is 1.58. The van der Waals surface area contributed by atoms with Crippen LogP contribution in [0.25, 0.3) is 0 Å². The van der Waals surface area contributed by atoms with E-state index in [-0.39, 0.29) is 0 Å². The van der Waals surface area contributed by atoms with E-state index in [1.54, 1.807) is 0 Å². The number of aryl methyl sites for hydroxylation is 1. The van der Waals surface area contributed by atoms with Crippen molar-refractivity contribution < 1.29 is 0 Å². The minimum Gasteiger partial charge on any atom is -0.371 e. The van der Waals surface area contributed by atoms with Crippen LogP contribution < -0.4 is 10.2 Å². The van der Waals surface area contributed by atoms with Gasteiger partial charge in [0.05, 0.1) is 0 Å². The van der Waals surface area contributed by atoms with Gasteiger partial charge in [0.15, 0.2) is 0 Å². The fourth-order valence-electron chi connectivity index (χ4n) is 2.81. The van der Waals surface area contributed by atoms with E-state index in [1.165, 1.54) is 51.0 Å². The summed E-state index contributed by atoms with van der Waals surface area (Å²) in [6.07, 6.45) is 7.40. The van der Waals surface area contributed by atoms with Gasteiger partial charge in [-0.05, 0) is 57.2 Å². The molecule has 3 nitrogen and oxygen atoms in total. The minimum atomic E-state index is 0.813. The molecule has 1 aromatic heterocycles. The molecule has 1 N–H and O–H groups in total. The van der Waals surface area contributed by atoms with Gasteiger partial charge in [-0.1, -0.05) is 0 Å². The first-order valence-corrected chi connectivity index (χ1v) is 7.22. The average molecular weight is 245 g/mol. The van der Waals surface area contributed by atoms with E-state index in [1.807, 2.05) is 6.20 Å². The van der Waals surface area contributed by atoms with Crippen molar-refractivity contribution in [3.63, 3.8) is 0 Å². The molecule has 1 atom stereocenters. The second-order valence-electron chi connectivity index (χ2n) is 5.79. The van der Waals surface area contributed by atoms with Crippen molar-refractivity contribution in [1.29, 1.82) is 0 Å². The third-order valence-electron chi connectivity index (χ3n) is 4.04. The van der Waals surface area contributed by atoms with Crippen LogP contribution in [0.2, 0.25) is 0 Å². The van der Waals surface area contributed by atoms with Gasteiger partial charge < -0.3 is 10.2 Å². The van der Waals surface area contributed by atoms with E-state index in [0.717, 1.165) is 17.7 Å². The second-order valence-corrected chi connectivity index (χ2v) is 5.79. The number of hydrogen-bond acceptors (Lipinski definition) is 3. The minimum absolute atomic E-state index is 0.813. The number of anilines is 1. The lowest BCUT2D eigenvalue weighted by Crippen LogP contribution is -2.40. The molecule has 0 aromatic carbocycles. The molecule has 2 heterocycles. The Morgan fingerprint density at radius 3 is 3.06 bits per heavy atom. The number of aromatic nitrogens is 1. The fourth-order valence-corrected chi connectivity index (χ4v) is 2.81. The van der Waals surface area contributed by atoms with Crippen molar-refractivity contribution in [2.45, 2.75) is 38.6 Å². The van der Waals surface area contributed by atoms with Crippen molar-refractivity contribution in [3.8, 4) is 0 Å². The molecule has 2 fully saturated rings. The van der Waals surface area contributed by atoms with Gasteiger partial charge in [0.1, 0.15) is 0 Å². The third kappa shape index (κ3) is 3.02. The maximum atomic E-state index is 4.28. The summed E-state index contributed by atoms with van der Waals surface area (Å²) in [5, 5.41) is 3.67. The lowest BCUT2D eigenvalue weighted by atomic mass is 9.97. The van der Waals surface area contributed by atoms with Crippen LogP contribution in [0.4, 0.5) is 5.69 Å². The van der Waals surface area contributed by atoms with Crippen LogP contribution in [0, 0.1) is 12.8 Å². The number of nitrogens with one attached hydrogen (secondary N) is 1. The first-order valence-electron chi connectivity index (χ1n) is 7.22. The van der Waals surface area contributed by atoms with Crippen LogP contribution in [-0.4, -0.2) is 30.7 Å². The fraction of sp³-hybridized carbons (Fsp3) is 0.667. The predicted octanol–water partition coefficient (Wildman–Crippen LogP) is 2.36. The van der Waals surface area contributed by atoms with E-state index in [9.17, 15) is 0 Å². The average Bonchev–Trinajstić information content (AvgIpc) is 3.21. The van der Waals surface area contributed by atoms with Crippen LogP contribution in [0.1, 0.15) is 31.4 Å². The monoisotopic (exact) mass is 245 g/mol. The maximum absolute atomic E-state index is 4.28. The maximum Gasteiger partial charge on any atom is 0.0399 e. The highest BCUT2D eigenvalue weighted by Gasteiger charge is 2.24. The Morgan fingerprint density at radius 1 is 1.39 bits per heavy atom. The van der Waals surface area contributed by atoms with Gasteiger partial charge >= 0.3 is 0 Å². The molecule has 2 aliphatic rings. The summed E-state index contributed by atoms with van der Waals surface area (Å²) in [6.45, 7) is 5.66. The van der Waals surface area contributed by atoms with Gasteiger partial charge in [-0.3, -0.25) is 4.98 Å². The summed E-state index contributed by atoms with van der Waals surface area (Å²) in [7, 11) is 0. The molecule has 1 unspecified atom stereocenters. The molecular weight excluding hydrogens is 222 g/mol. The molecule has 0 spiro atoms. The standard InChI is InChI=1S/C15H23N3/c1-12-9-15(6-7-16-12)18-8-2-3-13(11-18)10-17-14-4-5-14/h6-7,9,13-14,17H,2-5,8,10-11H2,1H3. The zero-order chi connectivity index (χ0) is 12.4. The lowest BCUT2D eigenvalue weighted by molar-refractivity contribution is 0.391. The molecule has 1 saturated carbocycles. The van der Waals surface area contributed by atoms with E-state index in [2.05, 4.69) is 34.3 Å². The highest BCUT2D eigenvalue weighted by atomic mass is 15.1. The molecule has 3 rings (SSSR count). The molecule has 0 amide bonds. The largest absolute Gasteiger partial charge is 0.371 e. The molecule has 1 aliphatic heterocycles. The number of rotatable bonds is 4. The highest BCUT2D eigenvalue weighted by molar-refractivity contribution is 5.46. The molecule has 1 aliphatic carbocycles. The van der Waals surface area contributed by atoms with Crippen LogP contribution in [0.15, 0.2) is 18.3 Å². The van der Waals surface area contributed by atoms with E-state index >= 15 is 0 Å². The van der Waals surface area contributed by atoms with Gasteiger partial charge in [-0.25, -0.2) is 0 Å². The number of pyridine rings is 1. The van der Waals surface area contributed by atoms with Crippen molar-refractivity contribution in [2.75, 3.05) is 24.5 Å². The highest BCUT2D eigenvalue weighted by Crippen LogP contribution is 2.24. The first-order chi connectivity index (χ1) is 8.81. The zero-order valence-corrected chi connectivity index (χ0v) is 11.2. The lowest BCUT2D eigenvalue weighted by Gasteiger charge is -2.34. The first kappa shape index (κ1) is 12.0. The zero-order valence-electron chi connectivity index (χ0n) is 11.2. The SMILES string of the molecule is Cc1cc(N2CCCC(CNC3CC3)C2)ccn1. The summed E-state index contributed by atoms with van der Waals surface area (Å²) in [5.41, 5.74) is 2.46. The Morgan fingerprint density at radius 2 is 2.28 bits per heavy atom. The molecule has 18 heavy (non-hydrogen) atoms. The molecule has 3 heteroatoms. The Hall–Kier alpha value is -1.09. The molecule has 0 radical (unpaired) electrons. The third-order valence-corrected chi connectivity index (χ3v) is 4.04. The van der Waals surface area contributed by atoms with Gasteiger partial charge in [-0.15, -0.1) is 0 Å². The van der Waals surface area contributed by atoms with Crippen molar-refractivity contribution in [2.24, 2.45) is 5.92 Å². The Labute approximate surface area is 110 Å².